The minimum absolute atomic E-state index is 0.0643. The minimum atomic E-state index is 0.0643. The lowest BCUT2D eigenvalue weighted by atomic mass is 9.91. The van der Waals surface area contributed by atoms with Crippen LogP contribution in [0.15, 0.2) is 12.4 Å². The van der Waals surface area contributed by atoms with E-state index in [9.17, 15) is 4.79 Å². The van der Waals surface area contributed by atoms with E-state index < -0.39 is 0 Å². The van der Waals surface area contributed by atoms with Crippen LogP contribution in [0.1, 0.15) is 36.4 Å². The molecule has 1 aromatic rings. The number of carbonyl (C=O) groups excluding carboxylic acids is 1. The first-order valence-electron chi connectivity index (χ1n) is 7.36. The zero-order chi connectivity index (χ0) is 14.4. The van der Waals surface area contributed by atoms with Gasteiger partial charge in [0.25, 0.3) is 0 Å². The zero-order valence-electron chi connectivity index (χ0n) is 12.4. The highest BCUT2D eigenvalue weighted by atomic mass is 16.5. The van der Waals surface area contributed by atoms with Crippen molar-refractivity contribution in [1.82, 2.24) is 15.2 Å². The van der Waals surface area contributed by atoms with Gasteiger partial charge in [0.1, 0.15) is 6.54 Å². The molecule has 0 bridgehead atoms. The van der Waals surface area contributed by atoms with Gasteiger partial charge in [-0.25, -0.2) is 0 Å². The summed E-state index contributed by atoms with van der Waals surface area (Å²) in [6.07, 6.45) is 8.60. The van der Waals surface area contributed by atoms with E-state index in [1.807, 2.05) is 11.6 Å². The normalized spacial score (nSPS) is 17.8. The number of rotatable bonds is 7. The van der Waals surface area contributed by atoms with Crippen LogP contribution >= 0.6 is 0 Å². The number of methoxy groups -OCH3 is 1. The molecule has 112 valence electrons. The number of nitrogens with zero attached hydrogens (tertiary/aromatic N) is 1. The first kappa shape index (κ1) is 15.1. The van der Waals surface area contributed by atoms with Crippen molar-refractivity contribution < 1.29 is 9.53 Å². The molecule has 1 heterocycles. The van der Waals surface area contributed by atoms with Crippen molar-refractivity contribution in [3.05, 3.63) is 23.5 Å². The van der Waals surface area contributed by atoms with Crippen molar-refractivity contribution >= 4 is 5.91 Å². The maximum atomic E-state index is 11.9. The van der Waals surface area contributed by atoms with E-state index in [1.165, 1.54) is 24.0 Å². The molecule has 2 N–H and O–H groups in total. The number of ether oxygens (including phenoxy) is 1. The average molecular weight is 279 g/mol. The van der Waals surface area contributed by atoms with Crippen LogP contribution in [-0.2, 0) is 22.5 Å². The predicted octanol–water partition coefficient (Wildman–Crippen LogP) is 1.24. The molecule has 0 radical (unpaired) electrons. The molecule has 1 unspecified atom stereocenters. The summed E-state index contributed by atoms with van der Waals surface area (Å²) in [4.78, 5) is 11.9. The minimum Gasteiger partial charge on any atom is -0.385 e. The second kappa shape index (κ2) is 7.45. The van der Waals surface area contributed by atoms with Crippen LogP contribution in [0.3, 0.4) is 0 Å². The number of carbonyl (C=O) groups is 1. The van der Waals surface area contributed by atoms with E-state index in [2.05, 4.69) is 23.0 Å². The lowest BCUT2D eigenvalue weighted by Crippen LogP contribution is -2.28. The number of amides is 1. The third-order valence-electron chi connectivity index (χ3n) is 3.83. The number of hydrogen-bond donors (Lipinski definition) is 2. The molecule has 2 rings (SSSR count). The van der Waals surface area contributed by atoms with Gasteiger partial charge in [-0.15, -0.1) is 0 Å². The summed E-state index contributed by atoms with van der Waals surface area (Å²) < 4.78 is 6.96. The molecule has 5 heteroatoms. The van der Waals surface area contributed by atoms with Crippen molar-refractivity contribution in [1.29, 1.82) is 0 Å². The summed E-state index contributed by atoms with van der Waals surface area (Å²) in [5.41, 5.74) is 2.73. The molecular formula is C15H25N3O2. The Labute approximate surface area is 120 Å². The van der Waals surface area contributed by atoms with Gasteiger partial charge in [-0.3, -0.25) is 4.79 Å². The molecule has 5 nitrogen and oxygen atoms in total. The zero-order valence-corrected chi connectivity index (χ0v) is 12.4. The highest BCUT2D eigenvalue weighted by molar-refractivity contribution is 5.75. The molecule has 1 aliphatic carbocycles. The third kappa shape index (κ3) is 3.84. The van der Waals surface area contributed by atoms with Gasteiger partial charge in [0.2, 0.25) is 5.91 Å². The number of aryl methyl sites for hydroxylation is 1. The standard InChI is InChI=1S/C15H25N3O2/c1-16-14-6-3-5-12-9-18(10-13(12)14)11-15(19)17-7-4-8-20-2/h9-10,14,16H,3-8,11H2,1-2H3,(H,17,19). The summed E-state index contributed by atoms with van der Waals surface area (Å²) in [6, 6.07) is 0.435. The molecule has 1 aromatic heterocycles. The van der Waals surface area contributed by atoms with Gasteiger partial charge in [0.15, 0.2) is 0 Å². The Morgan fingerprint density at radius 3 is 3.10 bits per heavy atom. The topological polar surface area (TPSA) is 55.3 Å². The van der Waals surface area contributed by atoms with Gasteiger partial charge in [0.05, 0.1) is 0 Å². The van der Waals surface area contributed by atoms with Crippen molar-refractivity contribution in [3.63, 3.8) is 0 Å². The SMILES string of the molecule is CNC1CCCc2cn(CC(=O)NCCCOC)cc21. The Bertz CT molecular complexity index is 442. The fraction of sp³-hybridized carbons (Fsp3) is 0.667. The van der Waals surface area contributed by atoms with Gasteiger partial charge in [-0.2, -0.15) is 0 Å². The summed E-state index contributed by atoms with van der Waals surface area (Å²) in [5, 5.41) is 6.26. The number of nitrogens with one attached hydrogen (secondary N) is 2. The summed E-state index contributed by atoms with van der Waals surface area (Å²) in [5.74, 6) is 0.0643. The van der Waals surface area contributed by atoms with E-state index in [4.69, 9.17) is 4.74 Å². The summed E-state index contributed by atoms with van der Waals surface area (Å²) in [7, 11) is 3.67. The van der Waals surface area contributed by atoms with Crippen LogP contribution in [0, 0.1) is 0 Å². The van der Waals surface area contributed by atoms with Crippen LogP contribution in [-0.4, -0.2) is 37.8 Å². The van der Waals surface area contributed by atoms with E-state index in [0.29, 0.717) is 25.7 Å². The molecule has 0 aromatic carbocycles. The van der Waals surface area contributed by atoms with Crippen molar-refractivity contribution in [2.24, 2.45) is 0 Å². The lowest BCUT2D eigenvalue weighted by molar-refractivity contribution is -0.121. The molecule has 1 atom stereocenters. The van der Waals surface area contributed by atoms with Gasteiger partial charge < -0.3 is 19.9 Å². The Balaban J connectivity index is 1.87. The molecule has 0 fully saturated rings. The first-order chi connectivity index (χ1) is 9.74. The number of fused-ring (bicyclic) bond motifs is 1. The molecule has 0 aliphatic heterocycles. The second-order valence-corrected chi connectivity index (χ2v) is 5.34. The second-order valence-electron chi connectivity index (χ2n) is 5.34. The number of hydrogen-bond acceptors (Lipinski definition) is 3. The van der Waals surface area contributed by atoms with Gasteiger partial charge in [0, 0.05) is 38.7 Å². The van der Waals surface area contributed by atoms with E-state index in [-0.39, 0.29) is 5.91 Å². The highest BCUT2D eigenvalue weighted by Crippen LogP contribution is 2.29. The molecular weight excluding hydrogens is 254 g/mol. The van der Waals surface area contributed by atoms with Crippen LogP contribution in [0.2, 0.25) is 0 Å². The average Bonchev–Trinajstić information content (AvgIpc) is 2.85. The quantitative estimate of drug-likeness (QED) is 0.738. The molecule has 20 heavy (non-hydrogen) atoms. The maximum absolute atomic E-state index is 11.9. The van der Waals surface area contributed by atoms with E-state index >= 15 is 0 Å². The smallest absolute Gasteiger partial charge is 0.239 e. The van der Waals surface area contributed by atoms with Crippen molar-refractivity contribution in [3.8, 4) is 0 Å². The Morgan fingerprint density at radius 1 is 1.50 bits per heavy atom. The van der Waals surface area contributed by atoms with Crippen LogP contribution in [0.25, 0.3) is 0 Å². The van der Waals surface area contributed by atoms with E-state index in [0.717, 1.165) is 12.8 Å². The Hall–Kier alpha value is -1.33. The lowest BCUT2D eigenvalue weighted by Gasteiger charge is -2.21. The predicted molar refractivity (Wildman–Crippen MR) is 78.7 cm³/mol. The molecule has 0 saturated heterocycles. The molecule has 0 spiro atoms. The van der Waals surface area contributed by atoms with Crippen molar-refractivity contribution in [2.45, 2.75) is 38.3 Å². The monoisotopic (exact) mass is 279 g/mol. The van der Waals surface area contributed by atoms with Crippen molar-refractivity contribution in [2.75, 3.05) is 27.3 Å². The van der Waals surface area contributed by atoms with Crippen LogP contribution in [0.5, 0.6) is 0 Å². The molecule has 1 amide bonds. The summed E-state index contributed by atoms with van der Waals surface area (Å²) >= 11 is 0. The highest BCUT2D eigenvalue weighted by Gasteiger charge is 2.20. The Morgan fingerprint density at radius 2 is 2.35 bits per heavy atom. The first-order valence-corrected chi connectivity index (χ1v) is 7.36. The van der Waals surface area contributed by atoms with Crippen LogP contribution in [0.4, 0.5) is 0 Å². The summed E-state index contributed by atoms with van der Waals surface area (Å²) in [6.45, 7) is 1.76. The fourth-order valence-corrected chi connectivity index (χ4v) is 2.81. The fourth-order valence-electron chi connectivity index (χ4n) is 2.81. The largest absolute Gasteiger partial charge is 0.385 e. The van der Waals surface area contributed by atoms with Crippen LogP contribution < -0.4 is 10.6 Å². The molecule has 0 saturated carbocycles. The maximum Gasteiger partial charge on any atom is 0.239 e. The van der Waals surface area contributed by atoms with Gasteiger partial charge in [-0.1, -0.05) is 0 Å². The molecule has 1 aliphatic rings. The third-order valence-corrected chi connectivity index (χ3v) is 3.83. The number of aromatic nitrogens is 1. The van der Waals surface area contributed by atoms with Gasteiger partial charge >= 0.3 is 0 Å². The Kier molecular flexibility index (Phi) is 5.61. The van der Waals surface area contributed by atoms with Gasteiger partial charge in [-0.05, 0) is 43.9 Å². The van der Waals surface area contributed by atoms with E-state index in [1.54, 1.807) is 7.11 Å².